The third-order valence-electron chi connectivity index (χ3n) is 2.66. The van der Waals surface area contributed by atoms with Crippen LogP contribution in [0.1, 0.15) is 16.7 Å². The van der Waals surface area contributed by atoms with Crippen LogP contribution in [0.5, 0.6) is 5.75 Å². The second kappa shape index (κ2) is 5.93. The zero-order valence-corrected chi connectivity index (χ0v) is 12.1. The van der Waals surface area contributed by atoms with Crippen molar-refractivity contribution in [2.24, 2.45) is 0 Å². The van der Waals surface area contributed by atoms with E-state index < -0.39 is 0 Å². The van der Waals surface area contributed by atoms with E-state index in [2.05, 4.69) is 42.0 Å². The Labute approximate surface area is 117 Å². The summed E-state index contributed by atoms with van der Waals surface area (Å²) in [6.07, 6.45) is 1.46. The van der Waals surface area contributed by atoms with Crippen molar-refractivity contribution >= 4 is 17.6 Å². The van der Waals surface area contributed by atoms with Gasteiger partial charge in [-0.15, -0.1) is 0 Å². The first-order chi connectivity index (χ1) is 9.10. The molecule has 5 heteroatoms. The van der Waals surface area contributed by atoms with Crippen molar-refractivity contribution in [3.8, 4) is 5.75 Å². The van der Waals surface area contributed by atoms with Crippen molar-refractivity contribution in [2.75, 3.05) is 12.8 Å². The number of ether oxygens (including phenoxy) is 1. The first-order valence-electron chi connectivity index (χ1n) is 5.94. The standard InChI is InChI=1S/C14H17N3OS/c1-9-4-10(2)6-11(5-9)7-19-14-12(18-3)13(15)16-8-17-14/h4-6,8H,7H2,1-3H3,(H2,15,16,17). The van der Waals surface area contributed by atoms with Gasteiger partial charge in [0.05, 0.1) is 7.11 Å². The number of anilines is 1. The fourth-order valence-electron chi connectivity index (χ4n) is 1.97. The molecule has 2 rings (SSSR count). The van der Waals surface area contributed by atoms with Gasteiger partial charge in [-0.1, -0.05) is 41.1 Å². The largest absolute Gasteiger partial charge is 0.490 e. The molecule has 1 aromatic heterocycles. The molecule has 19 heavy (non-hydrogen) atoms. The number of aromatic nitrogens is 2. The number of methoxy groups -OCH3 is 1. The SMILES string of the molecule is COc1c(N)ncnc1SCc1cc(C)cc(C)c1. The Hall–Kier alpha value is -1.75. The molecular formula is C14H17N3OS. The first-order valence-corrected chi connectivity index (χ1v) is 6.93. The van der Waals surface area contributed by atoms with Crippen LogP contribution >= 0.6 is 11.8 Å². The van der Waals surface area contributed by atoms with Gasteiger partial charge in [0.2, 0.25) is 0 Å². The summed E-state index contributed by atoms with van der Waals surface area (Å²) in [4.78, 5) is 8.14. The number of hydrogen-bond donors (Lipinski definition) is 1. The smallest absolute Gasteiger partial charge is 0.193 e. The molecule has 0 spiro atoms. The van der Waals surface area contributed by atoms with Gasteiger partial charge in [-0.3, -0.25) is 0 Å². The van der Waals surface area contributed by atoms with Crippen molar-refractivity contribution < 1.29 is 4.74 Å². The monoisotopic (exact) mass is 275 g/mol. The van der Waals surface area contributed by atoms with E-state index in [0.717, 1.165) is 10.8 Å². The minimum absolute atomic E-state index is 0.375. The van der Waals surface area contributed by atoms with Crippen molar-refractivity contribution in [3.63, 3.8) is 0 Å². The molecular weight excluding hydrogens is 258 g/mol. The maximum atomic E-state index is 5.76. The second-order valence-electron chi connectivity index (χ2n) is 4.38. The van der Waals surface area contributed by atoms with Crippen LogP contribution < -0.4 is 10.5 Å². The van der Waals surface area contributed by atoms with Gasteiger partial charge in [0.25, 0.3) is 0 Å². The zero-order chi connectivity index (χ0) is 13.8. The van der Waals surface area contributed by atoms with E-state index in [4.69, 9.17) is 10.5 Å². The van der Waals surface area contributed by atoms with Crippen LogP contribution in [-0.4, -0.2) is 17.1 Å². The van der Waals surface area contributed by atoms with Gasteiger partial charge in [-0.05, 0) is 19.4 Å². The van der Waals surface area contributed by atoms with Gasteiger partial charge in [0.15, 0.2) is 11.6 Å². The van der Waals surface area contributed by atoms with Crippen LogP contribution in [-0.2, 0) is 5.75 Å². The predicted octanol–water partition coefficient (Wildman–Crippen LogP) is 2.98. The predicted molar refractivity (Wildman–Crippen MR) is 78.5 cm³/mol. The van der Waals surface area contributed by atoms with Gasteiger partial charge in [0.1, 0.15) is 11.4 Å². The van der Waals surface area contributed by atoms with Gasteiger partial charge in [-0.2, -0.15) is 0 Å². The number of nitrogens with zero attached hydrogens (tertiary/aromatic N) is 2. The van der Waals surface area contributed by atoms with E-state index in [1.165, 1.54) is 23.0 Å². The van der Waals surface area contributed by atoms with Gasteiger partial charge in [-0.25, -0.2) is 9.97 Å². The van der Waals surface area contributed by atoms with Crippen LogP contribution in [0.25, 0.3) is 0 Å². The maximum Gasteiger partial charge on any atom is 0.193 e. The lowest BCUT2D eigenvalue weighted by atomic mass is 10.1. The first kappa shape index (κ1) is 13.7. The van der Waals surface area contributed by atoms with Crippen molar-refractivity contribution in [1.82, 2.24) is 9.97 Å². The summed E-state index contributed by atoms with van der Waals surface area (Å²) >= 11 is 1.60. The highest BCUT2D eigenvalue weighted by molar-refractivity contribution is 7.98. The molecule has 2 aromatic rings. The Bertz CT molecular complexity index is 567. The molecule has 100 valence electrons. The molecule has 0 atom stereocenters. The summed E-state index contributed by atoms with van der Waals surface area (Å²) in [5, 5.41) is 0.772. The molecule has 0 saturated heterocycles. The van der Waals surface area contributed by atoms with Crippen LogP contribution in [0.2, 0.25) is 0 Å². The molecule has 0 aliphatic heterocycles. The molecule has 0 aliphatic carbocycles. The van der Waals surface area contributed by atoms with Crippen LogP contribution in [0.3, 0.4) is 0 Å². The molecule has 4 nitrogen and oxygen atoms in total. The molecule has 1 aromatic carbocycles. The van der Waals surface area contributed by atoms with Crippen LogP contribution in [0.4, 0.5) is 5.82 Å². The third-order valence-corrected chi connectivity index (χ3v) is 3.70. The number of nitrogen functional groups attached to an aromatic ring is 1. The number of nitrogens with two attached hydrogens (primary N) is 1. The molecule has 0 radical (unpaired) electrons. The zero-order valence-electron chi connectivity index (χ0n) is 11.3. The van der Waals surface area contributed by atoms with E-state index in [0.29, 0.717) is 11.6 Å². The van der Waals surface area contributed by atoms with E-state index in [1.807, 2.05) is 0 Å². The topological polar surface area (TPSA) is 61.0 Å². The Kier molecular flexibility index (Phi) is 4.27. The van der Waals surface area contributed by atoms with Crippen LogP contribution in [0, 0.1) is 13.8 Å². The van der Waals surface area contributed by atoms with E-state index >= 15 is 0 Å². The lowest BCUT2D eigenvalue weighted by Crippen LogP contribution is -1.99. The van der Waals surface area contributed by atoms with Crippen LogP contribution in [0.15, 0.2) is 29.6 Å². The maximum absolute atomic E-state index is 5.76. The quantitative estimate of drug-likeness (QED) is 0.686. The fourth-order valence-corrected chi connectivity index (χ4v) is 2.88. The molecule has 0 aliphatic rings. The van der Waals surface area contributed by atoms with Gasteiger partial charge in [0, 0.05) is 5.75 Å². The van der Waals surface area contributed by atoms with Gasteiger partial charge >= 0.3 is 0 Å². The highest BCUT2D eigenvalue weighted by Gasteiger charge is 2.10. The Morgan fingerprint density at radius 2 is 1.84 bits per heavy atom. The minimum atomic E-state index is 0.375. The molecule has 0 bridgehead atoms. The number of rotatable bonds is 4. The van der Waals surface area contributed by atoms with Gasteiger partial charge < -0.3 is 10.5 Å². The number of benzene rings is 1. The molecule has 0 saturated carbocycles. The minimum Gasteiger partial charge on any atom is -0.490 e. The Morgan fingerprint density at radius 3 is 2.47 bits per heavy atom. The van der Waals surface area contributed by atoms with E-state index in [-0.39, 0.29) is 0 Å². The molecule has 2 N–H and O–H groups in total. The molecule has 0 amide bonds. The summed E-state index contributed by atoms with van der Waals surface area (Å²) < 4.78 is 5.24. The second-order valence-corrected chi connectivity index (χ2v) is 5.35. The molecule has 0 unspecified atom stereocenters. The average Bonchev–Trinajstić information content (AvgIpc) is 2.35. The highest BCUT2D eigenvalue weighted by Crippen LogP contribution is 2.32. The summed E-state index contributed by atoms with van der Waals surface area (Å²) in [6, 6.07) is 6.52. The number of aryl methyl sites for hydroxylation is 2. The van der Waals surface area contributed by atoms with Crippen molar-refractivity contribution in [2.45, 2.75) is 24.6 Å². The summed E-state index contributed by atoms with van der Waals surface area (Å²) in [7, 11) is 1.58. The van der Waals surface area contributed by atoms with Crippen molar-refractivity contribution in [3.05, 3.63) is 41.2 Å². The molecule has 0 fully saturated rings. The number of thioether (sulfide) groups is 1. The molecule has 1 heterocycles. The fraction of sp³-hybridized carbons (Fsp3) is 0.286. The highest BCUT2D eigenvalue weighted by atomic mass is 32.2. The lowest BCUT2D eigenvalue weighted by molar-refractivity contribution is 0.401. The Balaban J connectivity index is 2.16. The average molecular weight is 275 g/mol. The third kappa shape index (κ3) is 3.38. The normalized spacial score (nSPS) is 10.5. The Morgan fingerprint density at radius 1 is 1.16 bits per heavy atom. The summed E-state index contributed by atoms with van der Waals surface area (Å²) in [6.45, 7) is 4.20. The summed E-state index contributed by atoms with van der Waals surface area (Å²) in [5.74, 6) is 1.76. The van der Waals surface area contributed by atoms with E-state index in [9.17, 15) is 0 Å². The lowest BCUT2D eigenvalue weighted by Gasteiger charge is -2.09. The van der Waals surface area contributed by atoms with Crippen molar-refractivity contribution in [1.29, 1.82) is 0 Å². The number of hydrogen-bond acceptors (Lipinski definition) is 5. The summed E-state index contributed by atoms with van der Waals surface area (Å²) in [5.41, 5.74) is 9.56. The van der Waals surface area contributed by atoms with E-state index in [1.54, 1.807) is 18.9 Å².